The molecule has 0 saturated heterocycles. The van der Waals surface area contributed by atoms with Crippen molar-refractivity contribution in [3.8, 4) is 11.5 Å². The van der Waals surface area contributed by atoms with Gasteiger partial charge in [-0.25, -0.2) is 4.79 Å². The molecule has 0 spiro atoms. The van der Waals surface area contributed by atoms with Gasteiger partial charge in [-0.1, -0.05) is 47.5 Å². The van der Waals surface area contributed by atoms with Crippen LogP contribution in [0.15, 0.2) is 48.5 Å². The fourth-order valence-electron chi connectivity index (χ4n) is 1.21. The van der Waals surface area contributed by atoms with E-state index in [2.05, 4.69) is 4.74 Å². The predicted octanol–water partition coefficient (Wildman–Crippen LogP) is 3.94. The van der Waals surface area contributed by atoms with Crippen molar-refractivity contribution in [3.63, 3.8) is 0 Å². The molecule has 0 radical (unpaired) electrons. The maximum Gasteiger partial charge on any atom is 0.343 e. The molecule has 2 rings (SSSR count). The summed E-state index contributed by atoms with van der Waals surface area (Å²) < 4.78 is 9.49. The SMILES string of the molecule is COC(=O)COc1ccccc1Cl.Oc1ccccc1Cl. The van der Waals surface area contributed by atoms with Crippen molar-refractivity contribution < 1.29 is 19.4 Å². The number of benzene rings is 2. The Morgan fingerprint density at radius 2 is 1.62 bits per heavy atom. The molecule has 2 aromatic rings. The molecule has 0 heterocycles. The van der Waals surface area contributed by atoms with Crippen LogP contribution in [0.4, 0.5) is 0 Å². The van der Waals surface area contributed by atoms with Crippen LogP contribution in [0.3, 0.4) is 0 Å². The number of para-hydroxylation sites is 2. The largest absolute Gasteiger partial charge is 0.506 e. The summed E-state index contributed by atoms with van der Waals surface area (Å²) in [4.78, 5) is 10.7. The molecule has 21 heavy (non-hydrogen) atoms. The van der Waals surface area contributed by atoms with Crippen molar-refractivity contribution in [2.75, 3.05) is 13.7 Å². The van der Waals surface area contributed by atoms with Crippen molar-refractivity contribution in [3.05, 3.63) is 58.6 Å². The fourth-order valence-corrected chi connectivity index (χ4v) is 1.54. The van der Waals surface area contributed by atoms with Crippen LogP contribution in [0.5, 0.6) is 11.5 Å². The van der Waals surface area contributed by atoms with Gasteiger partial charge in [-0.2, -0.15) is 0 Å². The number of carbonyl (C=O) groups is 1. The molecule has 2 aromatic carbocycles. The summed E-state index contributed by atoms with van der Waals surface area (Å²) in [7, 11) is 1.30. The van der Waals surface area contributed by atoms with Gasteiger partial charge in [-0.15, -0.1) is 0 Å². The molecule has 6 heteroatoms. The van der Waals surface area contributed by atoms with Crippen LogP contribution >= 0.6 is 23.2 Å². The molecular weight excluding hydrogens is 315 g/mol. The lowest BCUT2D eigenvalue weighted by atomic mass is 10.3. The summed E-state index contributed by atoms with van der Waals surface area (Å²) in [6.45, 7) is -0.125. The van der Waals surface area contributed by atoms with E-state index in [0.29, 0.717) is 15.8 Å². The molecule has 0 fully saturated rings. The molecule has 0 unspecified atom stereocenters. The summed E-state index contributed by atoms with van der Waals surface area (Å²) >= 11 is 11.2. The zero-order valence-electron chi connectivity index (χ0n) is 11.3. The molecule has 0 aromatic heterocycles. The van der Waals surface area contributed by atoms with Gasteiger partial charge in [-0.05, 0) is 24.3 Å². The maximum atomic E-state index is 10.7. The van der Waals surface area contributed by atoms with Gasteiger partial charge in [0.25, 0.3) is 0 Å². The van der Waals surface area contributed by atoms with E-state index in [4.69, 9.17) is 33.0 Å². The van der Waals surface area contributed by atoms with E-state index in [-0.39, 0.29) is 12.4 Å². The lowest BCUT2D eigenvalue weighted by molar-refractivity contribution is -0.142. The average Bonchev–Trinajstić information content (AvgIpc) is 2.50. The Hall–Kier alpha value is -1.91. The van der Waals surface area contributed by atoms with Gasteiger partial charge in [-0.3, -0.25) is 0 Å². The van der Waals surface area contributed by atoms with E-state index in [0.717, 1.165) is 0 Å². The number of aromatic hydroxyl groups is 1. The Morgan fingerprint density at radius 3 is 2.10 bits per heavy atom. The monoisotopic (exact) mass is 328 g/mol. The number of hydrogen-bond acceptors (Lipinski definition) is 4. The number of phenols is 1. The zero-order valence-corrected chi connectivity index (χ0v) is 12.8. The first-order chi connectivity index (χ1) is 10.0. The Bertz CT molecular complexity index is 566. The second-order valence-corrected chi connectivity index (χ2v) is 4.56. The summed E-state index contributed by atoms with van der Waals surface area (Å²) in [5, 5.41) is 9.66. The second kappa shape index (κ2) is 9.10. The molecule has 4 nitrogen and oxygen atoms in total. The summed E-state index contributed by atoms with van der Waals surface area (Å²) in [6, 6.07) is 13.6. The Morgan fingerprint density at radius 1 is 1.05 bits per heavy atom. The third-order valence-corrected chi connectivity index (χ3v) is 2.89. The zero-order chi connectivity index (χ0) is 15.7. The van der Waals surface area contributed by atoms with E-state index < -0.39 is 5.97 Å². The minimum atomic E-state index is -0.431. The van der Waals surface area contributed by atoms with E-state index in [9.17, 15) is 4.79 Å². The van der Waals surface area contributed by atoms with Crippen LogP contribution in [0.2, 0.25) is 10.0 Å². The Balaban J connectivity index is 0.000000235. The molecule has 0 amide bonds. The normalized spacial score (nSPS) is 9.29. The molecule has 0 aliphatic heterocycles. The average molecular weight is 329 g/mol. The minimum Gasteiger partial charge on any atom is -0.506 e. The van der Waals surface area contributed by atoms with Gasteiger partial charge in [0.05, 0.1) is 17.2 Å². The van der Waals surface area contributed by atoms with Crippen LogP contribution < -0.4 is 4.74 Å². The molecule has 0 bridgehead atoms. The highest BCUT2D eigenvalue weighted by atomic mass is 35.5. The van der Waals surface area contributed by atoms with E-state index in [1.807, 2.05) is 0 Å². The van der Waals surface area contributed by atoms with Gasteiger partial charge in [0, 0.05) is 0 Å². The van der Waals surface area contributed by atoms with Crippen molar-refractivity contribution in [2.45, 2.75) is 0 Å². The molecule has 0 atom stereocenters. The lowest BCUT2D eigenvalue weighted by Gasteiger charge is -2.05. The summed E-state index contributed by atoms with van der Waals surface area (Å²) in [5.41, 5.74) is 0. The minimum absolute atomic E-state index is 0.125. The van der Waals surface area contributed by atoms with Crippen molar-refractivity contribution in [2.24, 2.45) is 0 Å². The molecule has 0 saturated carbocycles. The highest BCUT2D eigenvalue weighted by Crippen LogP contribution is 2.22. The Labute approximate surface area is 132 Å². The molecule has 0 aliphatic carbocycles. The molecule has 0 aliphatic rings. The quantitative estimate of drug-likeness (QED) is 0.867. The maximum absolute atomic E-state index is 10.7. The van der Waals surface area contributed by atoms with Gasteiger partial charge in [0.15, 0.2) is 6.61 Å². The molecule has 1 N–H and O–H groups in total. The topological polar surface area (TPSA) is 55.8 Å². The van der Waals surface area contributed by atoms with Crippen molar-refractivity contribution in [1.82, 2.24) is 0 Å². The molecule has 112 valence electrons. The van der Waals surface area contributed by atoms with Crippen molar-refractivity contribution in [1.29, 1.82) is 0 Å². The van der Waals surface area contributed by atoms with Gasteiger partial charge in [0.1, 0.15) is 11.5 Å². The van der Waals surface area contributed by atoms with E-state index in [1.54, 1.807) is 48.5 Å². The number of halogens is 2. The first-order valence-corrected chi connectivity index (χ1v) is 6.68. The molecular formula is C15H14Cl2O4. The first-order valence-electron chi connectivity index (χ1n) is 5.92. The highest BCUT2D eigenvalue weighted by Gasteiger charge is 2.03. The van der Waals surface area contributed by atoms with E-state index >= 15 is 0 Å². The van der Waals surface area contributed by atoms with Crippen LogP contribution in [0.25, 0.3) is 0 Å². The number of esters is 1. The summed E-state index contributed by atoms with van der Waals surface area (Å²) in [6.07, 6.45) is 0. The second-order valence-electron chi connectivity index (χ2n) is 3.75. The predicted molar refractivity (Wildman–Crippen MR) is 82.1 cm³/mol. The van der Waals surface area contributed by atoms with Crippen molar-refractivity contribution >= 4 is 29.2 Å². The standard InChI is InChI=1S/C9H9ClO3.C6H5ClO/c1-12-9(11)6-13-8-5-3-2-4-7(8)10;7-5-3-1-2-4-6(5)8/h2-5H,6H2,1H3;1-4,8H. The van der Waals surface area contributed by atoms with E-state index in [1.165, 1.54) is 7.11 Å². The lowest BCUT2D eigenvalue weighted by Crippen LogP contribution is -2.12. The Kier molecular flexibility index (Phi) is 7.43. The van der Waals surface area contributed by atoms with Crippen LogP contribution in [-0.4, -0.2) is 24.8 Å². The van der Waals surface area contributed by atoms with Crippen LogP contribution in [0, 0.1) is 0 Å². The number of methoxy groups -OCH3 is 1. The third kappa shape index (κ3) is 6.38. The number of ether oxygens (including phenoxy) is 2. The third-order valence-electron chi connectivity index (χ3n) is 2.26. The van der Waals surface area contributed by atoms with Crippen LogP contribution in [0.1, 0.15) is 0 Å². The first kappa shape index (κ1) is 17.1. The highest BCUT2D eigenvalue weighted by molar-refractivity contribution is 6.32. The summed E-state index contributed by atoms with van der Waals surface area (Å²) in [5.74, 6) is 0.184. The van der Waals surface area contributed by atoms with Gasteiger partial charge >= 0.3 is 5.97 Å². The number of phenolic OH excluding ortho intramolecular Hbond substituents is 1. The van der Waals surface area contributed by atoms with Gasteiger partial charge in [0.2, 0.25) is 0 Å². The smallest absolute Gasteiger partial charge is 0.343 e. The van der Waals surface area contributed by atoms with Crippen LogP contribution in [-0.2, 0) is 9.53 Å². The van der Waals surface area contributed by atoms with Gasteiger partial charge < -0.3 is 14.6 Å². The number of rotatable bonds is 3. The number of hydrogen-bond donors (Lipinski definition) is 1. The number of carbonyl (C=O) groups excluding carboxylic acids is 1. The fraction of sp³-hybridized carbons (Fsp3) is 0.133.